The Balaban J connectivity index is 1.79. The molecule has 0 saturated carbocycles. The standard InChI is InChI=1S/C14H14N4OS/c19-7-3-6-15-14-16-8-10(9-17-14)13-18-11-4-1-2-5-12(11)20-13/h1-2,4-5,8-9,19H,3,6-7H2,(H,15,16,17). The number of anilines is 1. The first kappa shape index (κ1) is 13.0. The van der Waals surface area contributed by atoms with Gasteiger partial charge in [0.2, 0.25) is 5.95 Å². The van der Waals surface area contributed by atoms with E-state index in [1.165, 1.54) is 0 Å². The SMILES string of the molecule is OCCCNc1ncc(-c2nc3ccccc3s2)cn1. The molecule has 3 aromatic rings. The maximum atomic E-state index is 8.72. The number of thiazole rings is 1. The van der Waals surface area contributed by atoms with E-state index in [2.05, 4.69) is 26.3 Å². The molecule has 1 aromatic carbocycles. The van der Waals surface area contributed by atoms with E-state index in [4.69, 9.17) is 5.11 Å². The van der Waals surface area contributed by atoms with Crippen molar-refractivity contribution in [2.75, 3.05) is 18.5 Å². The fraction of sp³-hybridized carbons (Fsp3) is 0.214. The van der Waals surface area contributed by atoms with E-state index in [1.807, 2.05) is 18.2 Å². The Morgan fingerprint density at radius 3 is 2.70 bits per heavy atom. The highest BCUT2D eigenvalue weighted by molar-refractivity contribution is 7.21. The van der Waals surface area contributed by atoms with Gasteiger partial charge in [0.1, 0.15) is 5.01 Å². The molecule has 2 aromatic heterocycles. The average molecular weight is 286 g/mol. The lowest BCUT2D eigenvalue weighted by Crippen LogP contribution is -2.06. The van der Waals surface area contributed by atoms with Crippen molar-refractivity contribution in [3.05, 3.63) is 36.7 Å². The van der Waals surface area contributed by atoms with Crippen molar-refractivity contribution in [1.29, 1.82) is 0 Å². The second kappa shape index (κ2) is 5.94. The number of nitrogens with zero attached hydrogens (tertiary/aromatic N) is 3. The number of benzene rings is 1. The van der Waals surface area contributed by atoms with Crippen LogP contribution in [-0.4, -0.2) is 33.2 Å². The molecule has 0 aliphatic carbocycles. The first-order valence-corrected chi connectivity index (χ1v) is 7.21. The molecule has 0 bridgehead atoms. The third kappa shape index (κ3) is 2.76. The van der Waals surface area contributed by atoms with E-state index >= 15 is 0 Å². The number of fused-ring (bicyclic) bond motifs is 1. The minimum absolute atomic E-state index is 0.163. The minimum atomic E-state index is 0.163. The van der Waals surface area contributed by atoms with Crippen LogP contribution in [0.15, 0.2) is 36.7 Å². The van der Waals surface area contributed by atoms with Gasteiger partial charge in [0, 0.05) is 31.1 Å². The molecule has 20 heavy (non-hydrogen) atoms. The van der Waals surface area contributed by atoms with Gasteiger partial charge in [0.25, 0.3) is 0 Å². The van der Waals surface area contributed by atoms with Gasteiger partial charge >= 0.3 is 0 Å². The van der Waals surface area contributed by atoms with Crippen LogP contribution in [0.2, 0.25) is 0 Å². The molecule has 0 atom stereocenters. The van der Waals surface area contributed by atoms with Crippen molar-refractivity contribution < 1.29 is 5.11 Å². The van der Waals surface area contributed by atoms with Crippen LogP contribution in [0.25, 0.3) is 20.8 Å². The summed E-state index contributed by atoms with van der Waals surface area (Å²) in [7, 11) is 0. The van der Waals surface area contributed by atoms with Crippen LogP contribution in [0, 0.1) is 0 Å². The molecule has 5 nitrogen and oxygen atoms in total. The van der Waals surface area contributed by atoms with Gasteiger partial charge in [-0.15, -0.1) is 11.3 Å². The Morgan fingerprint density at radius 2 is 1.95 bits per heavy atom. The number of rotatable bonds is 5. The summed E-state index contributed by atoms with van der Waals surface area (Å²) in [6.07, 6.45) is 4.22. The largest absolute Gasteiger partial charge is 0.396 e. The number of aliphatic hydroxyl groups is 1. The van der Waals surface area contributed by atoms with Crippen LogP contribution in [-0.2, 0) is 0 Å². The topological polar surface area (TPSA) is 70.9 Å². The maximum Gasteiger partial charge on any atom is 0.222 e. The van der Waals surface area contributed by atoms with E-state index in [1.54, 1.807) is 23.7 Å². The third-order valence-electron chi connectivity index (χ3n) is 2.81. The van der Waals surface area contributed by atoms with E-state index in [0.29, 0.717) is 18.9 Å². The molecule has 0 unspecified atom stereocenters. The summed E-state index contributed by atoms with van der Waals surface area (Å²) in [6.45, 7) is 0.827. The Hall–Kier alpha value is -2.05. The summed E-state index contributed by atoms with van der Waals surface area (Å²) in [5.41, 5.74) is 1.91. The molecule has 3 rings (SSSR count). The summed E-state index contributed by atoms with van der Waals surface area (Å²) < 4.78 is 1.16. The van der Waals surface area contributed by atoms with E-state index < -0.39 is 0 Å². The molecule has 2 N–H and O–H groups in total. The second-order valence-electron chi connectivity index (χ2n) is 4.29. The number of aromatic nitrogens is 3. The molecule has 0 aliphatic rings. The Bertz CT molecular complexity index is 663. The molecule has 0 spiro atoms. The van der Waals surface area contributed by atoms with E-state index in [-0.39, 0.29) is 6.61 Å². The summed E-state index contributed by atoms with van der Waals surface area (Å²) in [5.74, 6) is 0.573. The predicted molar refractivity (Wildman–Crippen MR) is 80.8 cm³/mol. The Labute approximate surface area is 120 Å². The lowest BCUT2D eigenvalue weighted by molar-refractivity contribution is 0.292. The van der Waals surface area contributed by atoms with Gasteiger partial charge in [0.15, 0.2) is 0 Å². The quantitative estimate of drug-likeness (QED) is 0.705. The normalized spacial score (nSPS) is 10.8. The van der Waals surface area contributed by atoms with Gasteiger partial charge < -0.3 is 10.4 Å². The van der Waals surface area contributed by atoms with Gasteiger partial charge in [-0.2, -0.15) is 0 Å². The molecule has 0 saturated heterocycles. The first-order chi connectivity index (χ1) is 9.86. The zero-order valence-corrected chi connectivity index (χ0v) is 11.6. The van der Waals surface area contributed by atoms with Crippen molar-refractivity contribution in [3.63, 3.8) is 0 Å². The molecular weight excluding hydrogens is 272 g/mol. The molecule has 2 heterocycles. The fourth-order valence-electron chi connectivity index (χ4n) is 1.80. The number of aliphatic hydroxyl groups excluding tert-OH is 1. The van der Waals surface area contributed by atoms with Crippen LogP contribution in [0.5, 0.6) is 0 Å². The lowest BCUT2D eigenvalue weighted by atomic mass is 10.3. The smallest absolute Gasteiger partial charge is 0.222 e. The van der Waals surface area contributed by atoms with E-state index in [0.717, 1.165) is 20.8 Å². The molecule has 102 valence electrons. The average Bonchev–Trinajstić information content (AvgIpc) is 2.92. The number of hydrogen-bond donors (Lipinski definition) is 2. The molecule has 0 aliphatic heterocycles. The number of para-hydroxylation sites is 1. The summed E-state index contributed by atoms with van der Waals surface area (Å²) >= 11 is 1.63. The Morgan fingerprint density at radius 1 is 1.15 bits per heavy atom. The van der Waals surface area contributed by atoms with Gasteiger partial charge in [-0.1, -0.05) is 12.1 Å². The summed E-state index contributed by atoms with van der Waals surface area (Å²) in [5, 5.41) is 12.7. The summed E-state index contributed by atoms with van der Waals surface area (Å²) in [4.78, 5) is 13.1. The monoisotopic (exact) mass is 286 g/mol. The van der Waals surface area contributed by atoms with Crippen LogP contribution < -0.4 is 5.32 Å². The van der Waals surface area contributed by atoms with Crippen molar-refractivity contribution in [2.45, 2.75) is 6.42 Å². The molecule has 6 heteroatoms. The lowest BCUT2D eigenvalue weighted by Gasteiger charge is -2.03. The molecule has 0 fully saturated rings. The maximum absolute atomic E-state index is 8.72. The third-order valence-corrected chi connectivity index (χ3v) is 3.90. The minimum Gasteiger partial charge on any atom is -0.396 e. The van der Waals surface area contributed by atoms with Crippen LogP contribution in [0.4, 0.5) is 5.95 Å². The zero-order valence-electron chi connectivity index (χ0n) is 10.8. The number of nitrogens with one attached hydrogen (secondary N) is 1. The number of hydrogen-bond acceptors (Lipinski definition) is 6. The van der Waals surface area contributed by atoms with Crippen LogP contribution in [0.1, 0.15) is 6.42 Å². The van der Waals surface area contributed by atoms with Gasteiger partial charge in [-0.3, -0.25) is 0 Å². The highest BCUT2D eigenvalue weighted by Crippen LogP contribution is 2.29. The highest BCUT2D eigenvalue weighted by atomic mass is 32.1. The second-order valence-corrected chi connectivity index (χ2v) is 5.32. The van der Waals surface area contributed by atoms with Crippen LogP contribution in [0.3, 0.4) is 0 Å². The Kier molecular flexibility index (Phi) is 3.85. The molecule has 0 radical (unpaired) electrons. The van der Waals surface area contributed by atoms with Crippen molar-refractivity contribution >= 4 is 27.5 Å². The van der Waals surface area contributed by atoms with Gasteiger partial charge in [0.05, 0.1) is 10.2 Å². The van der Waals surface area contributed by atoms with Gasteiger partial charge in [-0.25, -0.2) is 15.0 Å². The first-order valence-electron chi connectivity index (χ1n) is 6.39. The van der Waals surface area contributed by atoms with Gasteiger partial charge in [-0.05, 0) is 18.6 Å². The predicted octanol–water partition coefficient (Wildman–Crippen LogP) is 2.55. The van der Waals surface area contributed by atoms with E-state index in [9.17, 15) is 0 Å². The summed E-state index contributed by atoms with van der Waals surface area (Å²) in [6, 6.07) is 8.05. The van der Waals surface area contributed by atoms with Crippen LogP contribution >= 0.6 is 11.3 Å². The highest BCUT2D eigenvalue weighted by Gasteiger charge is 2.06. The van der Waals surface area contributed by atoms with Crippen molar-refractivity contribution in [2.24, 2.45) is 0 Å². The molecule has 0 amide bonds. The zero-order chi connectivity index (χ0) is 13.8. The molecular formula is C14H14N4OS. The van der Waals surface area contributed by atoms with Crippen molar-refractivity contribution in [1.82, 2.24) is 15.0 Å². The van der Waals surface area contributed by atoms with Crippen molar-refractivity contribution in [3.8, 4) is 10.6 Å². The fourth-order valence-corrected chi connectivity index (χ4v) is 2.75.